The van der Waals surface area contributed by atoms with Crippen molar-refractivity contribution in [2.45, 2.75) is 25.8 Å². The molecule has 0 aliphatic rings. The van der Waals surface area contributed by atoms with E-state index in [9.17, 15) is 14.7 Å². The van der Waals surface area contributed by atoms with Gasteiger partial charge in [0.25, 0.3) is 0 Å². The van der Waals surface area contributed by atoms with Gasteiger partial charge in [-0.3, -0.25) is 9.48 Å². The van der Waals surface area contributed by atoms with Crippen molar-refractivity contribution in [1.29, 1.82) is 0 Å². The fraction of sp³-hybridized carbons (Fsp3) is 0.250. The molecular weight excluding hydrogens is 346 g/mol. The standard InChI is InChI=1S/C20H21N3O4/c1-20(2,19(25)26)23-12-15(11-21-23)22-18(24)9-14-6-4-5-13-7-8-16(27-3)10-17(13)14/h4-8,10-12H,9H2,1-3H3,(H,22,24)(H,25,26). The van der Waals surface area contributed by atoms with Gasteiger partial charge in [-0.25, -0.2) is 4.79 Å². The minimum absolute atomic E-state index is 0.179. The van der Waals surface area contributed by atoms with Gasteiger partial charge in [0.15, 0.2) is 5.54 Å². The summed E-state index contributed by atoms with van der Waals surface area (Å²) in [5.41, 5.74) is 0.129. The molecule has 0 saturated carbocycles. The number of ether oxygens (including phenoxy) is 1. The predicted molar refractivity (Wildman–Crippen MR) is 102 cm³/mol. The molecule has 0 bridgehead atoms. The summed E-state index contributed by atoms with van der Waals surface area (Å²) in [6.07, 6.45) is 3.13. The van der Waals surface area contributed by atoms with Crippen LogP contribution in [0.3, 0.4) is 0 Å². The average Bonchev–Trinajstić information content (AvgIpc) is 3.10. The number of amides is 1. The number of fused-ring (bicyclic) bond motifs is 1. The predicted octanol–water partition coefficient (Wildman–Crippen LogP) is 3.05. The summed E-state index contributed by atoms with van der Waals surface area (Å²) in [6.45, 7) is 3.08. The van der Waals surface area contributed by atoms with Gasteiger partial charge in [0, 0.05) is 6.20 Å². The summed E-state index contributed by atoms with van der Waals surface area (Å²) in [4.78, 5) is 23.8. The third-order valence-corrected chi connectivity index (χ3v) is 4.49. The number of nitrogens with zero attached hydrogens (tertiary/aromatic N) is 2. The van der Waals surface area contributed by atoms with E-state index >= 15 is 0 Å². The van der Waals surface area contributed by atoms with Crippen molar-refractivity contribution >= 4 is 28.3 Å². The van der Waals surface area contributed by atoms with E-state index in [1.165, 1.54) is 30.9 Å². The molecule has 0 atom stereocenters. The van der Waals surface area contributed by atoms with Gasteiger partial charge in [-0.1, -0.05) is 24.3 Å². The lowest BCUT2D eigenvalue weighted by Gasteiger charge is -2.19. The quantitative estimate of drug-likeness (QED) is 0.698. The Hall–Kier alpha value is -3.35. The number of anilines is 1. The molecule has 3 rings (SSSR count). The van der Waals surface area contributed by atoms with Crippen LogP contribution in [0.2, 0.25) is 0 Å². The molecular formula is C20H21N3O4. The van der Waals surface area contributed by atoms with E-state index in [1.807, 2.05) is 36.4 Å². The zero-order valence-electron chi connectivity index (χ0n) is 15.4. The molecule has 0 spiro atoms. The maximum absolute atomic E-state index is 12.5. The molecule has 27 heavy (non-hydrogen) atoms. The van der Waals surface area contributed by atoms with Crippen molar-refractivity contribution in [3.63, 3.8) is 0 Å². The van der Waals surface area contributed by atoms with Crippen LogP contribution >= 0.6 is 0 Å². The van der Waals surface area contributed by atoms with Gasteiger partial charge >= 0.3 is 5.97 Å². The largest absolute Gasteiger partial charge is 0.497 e. The highest BCUT2D eigenvalue weighted by Gasteiger charge is 2.30. The third kappa shape index (κ3) is 3.76. The van der Waals surface area contributed by atoms with Crippen molar-refractivity contribution in [3.05, 3.63) is 54.4 Å². The Kier molecular flexibility index (Phi) is 4.85. The maximum atomic E-state index is 12.5. The van der Waals surface area contributed by atoms with Crippen molar-refractivity contribution in [2.75, 3.05) is 12.4 Å². The Balaban J connectivity index is 1.78. The van der Waals surface area contributed by atoms with Crippen LogP contribution in [0, 0.1) is 0 Å². The molecule has 2 N–H and O–H groups in total. The number of aromatic nitrogens is 2. The van der Waals surface area contributed by atoms with Gasteiger partial charge in [-0.15, -0.1) is 0 Å². The number of methoxy groups -OCH3 is 1. The molecule has 140 valence electrons. The number of carbonyl (C=O) groups is 2. The summed E-state index contributed by atoms with van der Waals surface area (Å²) >= 11 is 0. The molecule has 1 aromatic heterocycles. The van der Waals surface area contributed by atoms with Crippen molar-refractivity contribution in [2.24, 2.45) is 0 Å². The minimum Gasteiger partial charge on any atom is -0.497 e. The van der Waals surface area contributed by atoms with Crippen LogP contribution in [0.5, 0.6) is 5.75 Å². The highest BCUT2D eigenvalue weighted by molar-refractivity contribution is 5.96. The maximum Gasteiger partial charge on any atom is 0.331 e. The van der Waals surface area contributed by atoms with E-state index in [0.717, 1.165) is 22.1 Å². The van der Waals surface area contributed by atoms with Crippen LogP contribution in [0.15, 0.2) is 48.8 Å². The Morgan fingerprint density at radius 1 is 1.26 bits per heavy atom. The number of carboxylic acids is 1. The number of hydrogen-bond acceptors (Lipinski definition) is 4. The van der Waals surface area contributed by atoms with Gasteiger partial charge in [0.2, 0.25) is 5.91 Å². The minimum atomic E-state index is -1.20. The van der Waals surface area contributed by atoms with Crippen LogP contribution in [-0.4, -0.2) is 33.9 Å². The molecule has 1 amide bonds. The second-order valence-electron chi connectivity index (χ2n) is 6.77. The van der Waals surface area contributed by atoms with Crippen molar-refractivity contribution in [1.82, 2.24) is 9.78 Å². The van der Waals surface area contributed by atoms with E-state index in [-0.39, 0.29) is 12.3 Å². The molecule has 2 aromatic carbocycles. The lowest BCUT2D eigenvalue weighted by molar-refractivity contribution is -0.146. The SMILES string of the molecule is COc1ccc2cccc(CC(=O)Nc3cnn(C(C)(C)C(=O)O)c3)c2c1. The Morgan fingerprint density at radius 3 is 2.74 bits per heavy atom. The summed E-state index contributed by atoms with van der Waals surface area (Å²) in [5, 5.41) is 18.1. The molecule has 0 aliphatic carbocycles. The topological polar surface area (TPSA) is 93.5 Å². The summed E-state index contributed by atoms with van der Waals surface area (Å²) in [7, 11) is 1.60. The van der Waals surface area contributed by atoms with Crippen molar-refractivity contribution < 1.29 is 19.4 Å². The number of nitrogens with one attached hydrogen (secondary N) is 1. The fourth-order valence-corrected chi connectivity index (χ4v) is 2.77. The Morgan fingerprint density at radius 2 is 2.04 bits per heavy atom. The number of carboxylic acid groups (broad SMARTS) is 1. The zero-order chi connectivity index (χ0) is 19.6. The molecule has 7 nitrogen and oxygen atoms in total. The molecule has 7 heteroatoms. The zero-order valence-corrected chi connectivity index (χ0v) is 15.4. The second-order valence-corrected chi connectivity index (χ2v) is 6.77. The number of aliphatic carboxylic acids is 1. The third-order valence-electron chi connectivity index (χ3n) is 4.49. The molecule has 0 radical (unpaired) electrons. The Bertz CT molecular complexity index is 1010. The number of rotatable bonds is 6. The summed E-state index contributed by atoms with van der Waals surface area (Å²) in [6, 6.07) is 11.5. The lowest BCUT2D eigenvalue weighted by Crippen LogP contribution is -2.35. The van der Waals surface area contributed by atoms with Gasteiger partial charge in [-0.05, 0) is 42.3 Å². The van der Waals surface area contributed by atoms with E-state index in [0.29, 0.717) is 5.69 Å². The molecule has 0 fully saturated rings. The summed E-state index contributed by atoms with van der Waals surface area (Å²) in [5.74, 6) is -0.487. The molecule has 1 heterocycles. The first kappa shape index (κ1) is 18.4. The highest BCUT2D eigenvalue weighted by Crippen LogP contribution is 2.25. The first-order valence-corrected chi connectivity index (χ1v) is 8.45. The molecule has 0 unspecified atom stereocenters. The van der Waals surface area contributed by atoms with E-state index in [4.69, 9.17) is 4.74 Å². The van der Waals surface area contributed by atoms with E-state index in [1.54, 1.807) is 7.11 Å². The van der Waals surface area contributed by atoms with E-state index < -0.39 is 11.5 Å². The van der Waals surface area contributed by atoms with Crippen LogP contribution in [0.4, 0.5) is 5.69 Å². The highest BCUT2D eigenvalue weighted by atomic mass is 16.5. The molecule has 0 saturated heterocycles. The lowest BCUT2D eigenvalue weighted by atomic mass is 10.0. The van der Waals surface area contributed by atoms with Gasteiger partial charge in [0.1, 0.15) is 5.75 Å². The van der Waals surface area contributed by atoms with Gasteiger partial charge in [-0.2, -0.15) is 5.10 Å². The monoisotopic (exact) mass is 367 g/mol. The Labute approximate surface area is 156 Å². The normalized spacial score (nSPS) is 11.4. The molecule has 3 aromatic rings. The number of carbonyl (C=O) groups excluding carboxylic acids is 1. The fourth-order valence-electron chi connectivity index (χ4n) is 2.77. The van der Waals surface area contributed by atoms with Crippen molar-refractivity contribution in [3.8, 4) is 5.75 Å². The molecule has 0 aliphatic heterocycles. The van der Waals surface area contributed by atoms with E-state index in [2.05, 4.69) is 10.4 Å². The number of benzene rings is 2. The second kappa shape index (κ2) is 7.11. The average molecular weight is 367 g/mol. The number of hydrogen-bond donors (Lipinski definition) is 2. The van der Waals surface area contributed by atoms with Crippen LogP contribution in [0.25, 0.3) is 10.8 Å². The van der Waals surface area contributed by atoms with Gasteiger partial charge in [0.05, 0.1) is 25.4 Å². The van der Waals surface area contributed by atoms with Crippen LogP contribution < -0.4 is 10.1 Å². The van der Waals surface area contributed by atoms with Crippen LogP contribution in [-0.2, 0) is 21.5 Å². The summed E-state index contributed by atoms with van der Waals surface area (Å²) < 4.78 is 6.59. The smallest absolute Gasteiger partial charge is 0.331 e. The first-order valence-electron chi connectivity index (χ1n) is 8.45. The first-order chi connectivity index (χ1) is 12.8. The van der Waals surface area contributed by atoms with Crippen LogP contribution in [0.1, 0.15) is 19.4 Å². The van der Waals surface area contributed by atoms with Gasteiger partial charge < -0.3 is 15.2 Å².